The maximum atomic E-state index is 12.6. The molecule has 0 aliphatic heterocycles. The largest absolute Gasteiger partial charge is 0.448 e. The van der Waals surface area contributed by atoms with Gasteiger partial charge in [-0.1, -0.05) is 37.5 Å². The maximum Gasteiger partial charge on any atom is 0.360 e. The smallest absolute Gasteiger partial charge is 0.360 e. The van der Waals surface area contributed by atoms with Gasteiger partial charge in [-0.2, -0.15) is 10.4 Å². The number of carbonyl (C=O) groups is 2. The van der Waals surface area contributed by atoms with E-state index in [1.165, 1.54) is 14.0 Å². The van der Waals surface area contributed by atoms with E-state index >= 15 is 0 Å². The van der Waals surface area contributed by atoms with Crippen molar-refractivity contribution < 1.29 is 14.3 Å². The van der Waals surface area contributed by atoms with Gasteiger partial charge >= 0.3 is 5.97 Å². The van der Waals surface area contributed by atoms with Gasteiger partial charge < -0.3 is 10.1 Å². The van der Waals surface area contributed by atoms with Crippen molar-refractivity contribution in [3.8, 4) is 6.07 Å². The fourth-order valence-corrected chi connectivity index (χ4v) is 3.48. The van der Waals surface area contributed by atoms with Gasteiger partial charge in [0.2, 0.25) is 0 Å². The zero-order valence-corrected chi connectivity index (χ0v) is 15.9. The molecule has 1 fully saturated rings. The van der Waals surface area contributed by atoms with Gasteiger partial charge in [0.25, 0.3) is 11.5 Å². The number of esters is 1. The third kappa shape index (κ3) is 3.74. The molecule has 8 heteroatoms. The fourth-order valence-electron chi connectivity index (χ4n) is 3.48. The molecule has 8 nitrogen and oxygen atoms in total. The van der Waals surface area contributed by atoms with Crippen molar-refractivity contribution in [2.75, 3.05) is 0 Å². The highest BCUT2D eigenvalue weighted by Gasteiger charge is 2.35. The number of ether oxygens (including phenoxy) is 1. The van der Waals surface area contributed by atoms with Crippen molar-refractivity contribution >= 4 is 22.6 Å². The van der Waals surface area contributed by atoms with Crippen LogP contribution in [-0.4, -0.2) is 33.3 Å². The first-order valence-electron chi connectivity index (χ1n) is 9.27. The fraction of sp³-hybridized carbons (Fsp3) is 0.450. The van der Waals surface area contributed by atoms with Crippen LogP contribution in [0, 0.1) is 11.3 Å². The molecule has 1 N–H and O–H groups in total. The third-order valence-electron chi connectivity index (χ3n) is 5.09. The van der Waals surface area contributed by atoms with Gasteiger partial charge in [-0.3, -0.25) is 9.59 Å². The Morgan fingerprint density at radius 2 is 1.89 bits per heavy atom. The van der Waals surface area contributed by atoms with Crippen molar-refractivity contribution in [2.45, 2.75) is 50.7 Å². The van der Waals surface area contributed by atoms with E-state index in [4.69, 9.17) is 4.74 Å². The molecule has 0 radical (unpaired) electrons. The van der Waals surface area contributed by atoms with Gasteiger partial charge in [-0.25, -0.2) is 9.48 Å². The number of aromatic nitrogens is 2. The number of nitriles is 1. The normalized spacial score (nSPS) is 16.8. The van der Waals surface area contributed by atoms with Crippen LogP contribution < -0.4 is 10.9 Å². The van der Waals surface area contributed by atoms with Crippen LogP contribution in [0.3, 0.4) is 0 Å². The Kier molecular flexibility index (Phi) is 5.45. The second kappa shape index (κ2) is 7.80. The summed E-state index contributed by atoms with van der Waals surface area (Å²) in [4.78, 5) is 37.3. The van der Waals surface area contributed by atoms with Crippen LogP contribution in [0.25, 0.3) is 10.8 Å². The van der Waals surface area contributed by atoms with E-state index in [1.54, 1.807) is 24.3 Å². The molecule has 0 saturated heterocycles. The molecule has 1 saturated carbocycles. The summed E-state index contributed by atoms with van der Waals surface area (Å²) in [5.74, 6) is -1.32. The van der Waals surface area contributed by atoms with Crippen LogP contribution in [0.5, 0.6) is 0 Å². The molecule has 1 aromatic heterocycles. The van der Waals surface area contributed by atoms with Gasteiger partial charge in [0, 0.05) is 12.4 Å². The highest BCUT2D eigenvalue weighted by molar-refractivity contribution is 6.02. The minimum absolute atomic E-state index is 0.0370. The molecule has 146 valence electrons. The number of fused-ring (bicyclic) bond motifs is 1. The standard InChI is InChI=1S/C20H22N4O4/c1-13(17(25)22-20(12-21)10-6-3-7-11-20)28-19(27)16-14-8-4-5-9-15(14)18(26)24(2)23-16/h4-5,8-9,13H,3,6-7,10-11H2,1-2H3,(H,22,25)/t13-/m0/s1. The first-order valence-corrected chi connectivity index (χ1v) is 9.27. The molecule has 0 unspecified atom stereocenters. The van der Waals surface area contributed by atoms with Crippen LogP contribution in [0.2, 0.25) is 0 Å². The molecular formula is C20H22N4O4. The van der Waals surface area contributed by atoms with Crippen LogP contribution in [0.4, 0.5) is 0 Å². The van der Waals surface area contributed by atoms with Crippen LogP contribution in [0.15, 0.2) is 29.1 Å². The molecule has 1 heterocycles. The SMILES string of the molecule is C[C@H](OC(=O)c1nn(C)c(=O)c2ccccc12)C(=O)NC1(C#N)CCCCC1. The Hall–Kier alpha value is -3.21. The van der Waals surface area contributed by atoms with Crippen molar-refractivity contribution in [3.05, 3.63) is 40.3 Å². The van der Waals surface area contributed by atoms with E-state index in [-0.39, 0.29) is 11.3 Å². The van der Waals surface area contributed by atoms with Crippen LogP contribution in [0.1, 0.15) is 49.5 Å². The minimum Gasteiger partial charge on any atom is -0.448 e. The Morgan fingerprint density at radius 3 is 2.54 bits per heavy atom. The number of aryl methyl sites for hydroxylation is 1. The van der Waals surface area contributed by atoms with Gasteiger partial charge in [0.15, 0.2) is 11.8 Å². The summed E-state index contributed by atoms with van der Waals surface area (Å²) in [5, 5.41) is 16.9. The number of nitrogens with one attached hydrogen (secondary N) is 1. The lowest BCUT2D eigenvalue weighted by Gasteiger charge is -2.32. The van der Waals surface area contributed by atoms with Gasteiger partial charge in [-0.15, -0.1) is 0 Å². The first kappa shape index (κ1) is 19.5. The van der Waals surface area contributed by atoms with Crippen molar-refractivity contribution in [1.82, 2.24) is 15.1 Å². The van der Waals surface area contributed by atoms with E-state index in [2.05, 4.69) is 16.5 Å². The predicted octanol–water partition coefficient (Wildman–Crippen LogP) is 1.82. The van der Waals surface area contributed by atoms with Gasteiger partial charge in [-0.05, 0) is 25.8 Å². The molecular weight excluding hydrogens is 360 g/mol. The summed E-state index contributed by atoms with van der Waals surface area (Å²) in [5.41, 5.74) is -1.27. The molecule has 1 atom stereocenters. The molecule has 1 amide bonds. The Labute approximate surface area is 162 Å². The van der Waals surface area contributed by atoms with E-state index in [0.717, 1.165) is 23.9 Å². The van der Waals surface area contributed by atoms with E-state index in [0.29, 0.717) is 23.6 Å². The second-order valence-electron chi connectivity index (χ2n) is 7.11. The number of rotatable bonds is 4. The lowest BCUT2D eigenvalue weighted by molar-refractivity contribution is -0.130. The minimum atomic E-state index is -1.10. The van der Waals surface area contributed by atoms with Crippen molar-refractivity contribution in [3.63, 3.8) is 0 Å². The summed E-state index contributed by atoms with van der Waals surface area (Å²) >= 11 is 0. The highest BCUT2D eigenvalue weighted by atomic mass is 16.5. The molecule has 0 bridgehead atoms. The second-order valence-corrected chi connectivity index (χ2v) is 7.11. The summed E-state index contributed by atoms with van der Waals surface area (Å²) in [6, 6.07) is 8.80. The topological polar surface area (TPSA) is 114 Å². The summed E-state index contributed by atoms with van der Waals surface area (Å²) in [7, 11) is 1.45. The highest BCUT2D eigenvalue weighted by Crippen LogP contribution is 2.27. The number of nitrogens with zero attached hydrogens (tertiary/aromatic N) is 3. The first-order chi connectivity index (χ1) is 13.4. The molecule has 2 aromatic rings. The Morgan fingerprint density at radius 1 is 1.25 bits per heavy atom. The molecule has 1 aromatic carbocycles. The average Bonchev–Trinajstić information content (AvgIpc) is 2.71. The molecule has 0 spiro atoms. The Bertz CT molecular complexity index is 1020. The van der Waals surface area contributed by atoms with Crippen LogP contribution >= 0.6 is 0 Å². The monoisotopic (exact) mass is 382 g/mol. The molecule has 1 aliphatic rings. The van der Waals surface area contributed by atoms with E-state index < -0.39 is 23.5 Å². The third-order valence-corrected chi connectivity index (χ3v) is 5.09. The number of hydrogen-bond acceptors (Lipinski definition) is 6. The number of carbonyl (C=O) groups excluding carboxylic acids is 2. The Balaban J connectivity index is 1.79. The lowest BCUT2D eigenvalue weighted by Crippen LogP contribution is -2.52. The number of amides is 1. The lowest BCUT2D eigenvalue weighted by atomic mass is 9.83. The summed E-state index contributed by atoms with van der Waals surface area (Å²) in [6.07, 6.45) is 2.85. The molecule has 1 aliphatic carbocycles. The number of hydrogen-bond donors (Lipinski definition) is 1. The van der Waals surface area contributed by atoms with Gasteiger partial charge in [0.1, 0.15) is 5.54 Å². The van der Waals surface area contributed by atoms with E-state index in [1.807, 2.05) is 0 Å². The van der Waals surface area contributed by atoms with Crippen molar-refractivity contribution in [2.24, 2.45) is 7.05 Å². The summed E-state index contributed by atoms with van der Waals surface area (Å²) in [6.45, 7) is 1.45. The number of benzene rings is 1. The van der Waals surface area contributed by atoms with Gasteiger partial charge in [0.05, 0.1) is 11.5 Å². The van der Waals surface area contributed by atoms with Crippen LogP contribution in [-0.2, 0) is 16.6 Å². The molecule has 28 heavy (non-hydrogen) atoms. The van der Waals surface area contributed by atoms with E-state index in [9.17, 15) is 19.6 Å². The average molecular weight is 382 g/mol. The zero-order chi connectivity index (χ0) is 20.3. The van der Waals surface area contributed by atoms with Crippen molar-refractivity contribution in [1.29, 1.82) is 5.26 Å². The zero-order valence-electron chi connectivity index (χ0n) is 15.9. The summed E-state index contributed by atoms with van der Waals surface area (Å²) < 4.78 is 6.36. The maximum absolute atomic E-state index is 12.6. The molecule has 3 rings (SSSR count). The quantitative estimate of drug-likeness (QED) is 0.807. The predicted molar refractivity (Wildman–Crippen MR) is 101 cm³/mol.